The topological polar surface area (TPSA) is 81.7 Å². The van der Waals surface area contributed by atoms with Crippen LogP contribution in [0.2, 0.25) is 0 Å². The van der Waals surface area contributed by atoms with E-state index in [1.807, 2.05) is 0 Å². The number of rotatable bonds is 7. The number of hydrogen-bond donors (Lipinski definition) is 1. The lowest BCUT2D eigenvalue weighted by Gasteiger charge is -2.29. The molecule has 0 spiro atoms. The first-order valence-corrected chi connectivity index (χ1v) is 7.65. The van der Waals surface area contributed by atoms with E-state index in [1.165, 1.54) is 25.1 Å². The summed E-state index contributed by atoms with van der Waals surface area (Å²) in [5, 5.41) is 2.36. The number of amides is 1. The van der Waals surface area contributed by atoms with Crippen molar-refractivity contribution in [2.45, 2.75) is 39.7 Å². The molecule has 0 aliphatic carbocycles. The molecule has 0 saturated heterocycles. The summed E-state index contributed by atoms with van der Waals surface area (Å²) >= 11 is 0. The van der Waals surface area contributed by atoms with Crippen LogP contribution in [-0.4, -0.2) is 36.6 Å². The van der Waals surface area contributed by atoms with Crippen LogP contribution in [0.15, 0.2) is 18.2 Å². The van der Waals surface area contributed by atoms with Crippen LogP contribution >= 0.6 is 0 Å². The standard InChI is InChI=1S/C17H22FNO5/c1-5-23-15(21)17(19-12(4)20,16(22)24-6-2)10-13-7-8-14(18)11(3)9-13/h7-9H,5-6,10H2,1-4H3,(H,19,20). The molecule has 6 nitrogen and oxygen atoms in total. The van der Waals surface area contributed by atoms with E-state index >= 15 is 0 Å². The third kappa shape index (κ3) is 4.53. The molecule has 1 amide bonds. The Morgan fingerprint density at radius 1 is 1.12 bits per heavy atom. The molecule has 0 bridgehead atoms. The van der Waals surface area contributed by atoms with Crippen molar-refractivity contribution in [2.75, 3.05) is 13.2 Å². The molecule has 0 heterocycles. The number of hydrogen-bond acceptors (Lipinski definition) is 5. The molecule has 24 heavy (non-hydrogen) atoms. The fraction of sp³-hybridized carbons (Fsp3) is 0.471. The minimum atomic E-state index is -2.01. The van der Waals surface area contributed by atoms with E-state index in [-0.39, 0.29) is 19.6 Å². The molecule has 0 atom stereocenters. The summed E-state index contributed by atoms with van der Waals surface area (Å²) in [4.78, 5) is 36.5. The Morgan fingerprint density at radius 3 is 2.08 bits per heavy atom. The van der Waals surface area contributed by atoms with Crippen molar-refractivity contribution in [2.24, 2.45) is 0 Å². The normalized spacial score (nSPS) is 10.9. The van der Waals surface area contributed by atoms with E-state index in [9.17, 15) is 18.8 Å². The fourth-order valence-electron chi connectivity index (χ4n) is 2.31. The molecule has 7 heteroatoms. The average molecular weight is 339 g/mol. The van der Waals surface area contributed by atoms with Gasteiger partial charge in [-0.25, -0.2) is 14.0 Å². The highest BCUT2D eigenvalue weighted by molar-refractivity contribution is 6.08. The maximum Gasteiger partial charge on any atom is 0.344 e. The van der Waals surface area contributed by atoms with Gasteiger partial charge in [0.05, 0.1) is 13.2 Å². The van der Waals surface area contributed by atoms with E-state index < -0.39 is 29.2 Å². The Morgan fingerprint density at radius 2 is 1.67 bits per heavy atom. The smallest absolute Gasteiger partial charge is 0.344 e. The monoisotopic (exact) mass is 339 g/mol. The molecule has 0 fully saturated rings. The third-order valence-corrected chi connectivity index (χ3v) is 3.33. The van der Waals surface area contributed by atoms with E-state index in [4.69, 9.17) is 9.47 Å². The van der Waals surface area contributed by atoms with Gasteiger partial charge in [0, 0.05) is 13.3 Å². The van der Waals surface area contributed by atoms with E-state index in [0.717, 1.165) is 0 Å². The first-order chi connectivity index (χ1) is 11.3. The van der Waals surface area contributed by atoms with Crippen LogP contribution in [0.1, 0.15) is 31.9 Å². The quantitative estimate of drug-likeness (QED) is 0.604. The molecule has 0 unspecified atom stereocenters. The predicted molar refractivity (Wildman–Crippen MR) is 84.7 cm³/mol. The lowest BCUT2D eigenvalue weighted by molar-refractivity contribution is -0.168. The van der Waals surface area contributed by atoms with Gasteiger partial charge in [0.1, 0.15) is 5.82 Å². The number of nitrogens with one attached hydrogen (secondary N) is 1. The largest absolute Gasteiger partial charge is 0.464 e. The zero-order valence-electron chi connectivity index (χ0n) is 14.3. The van der Waals surface area contributed by atoms with Crippen LogP contribution in [0.25, 0.3) is 0 Å². The van der Waals surface area contributed by atoms with Crippen molar-refractivity contribution in [1.29, 1.82) is 0 Å². The molecule has 0 radical (unpaired) electrons. The molecule has 132 valence electrons. The number of carbonyl (C=O) groups excluding carboxylic acids is 3. The second-order valence-electron chi connectivity index (χ2n) is 5.29. The number of benzene rings is 1. The fourth-order valence-corrected chi connectivity index (χ4v) is 2.31. The van der Waals surface area contributed by atoms with Crippen molar-refractivity contribution < 1.29 is 28.2 Å². The first-order valence-electron chi connectivity index (χ1n) is 7.65. The van der Waals surface area contributed by atoms with Gasteiger partial charge in [-0.05, 0) is 38.0 Å². The number of esters is 2. The van der Waals surface area contributed by atoms with Gasteiger partial charge >= 0.3 is 11.9 Å². The summed E-state index contributed by atoms with van der Waals surface area (Å²) in [6.45, 7) is 5.98. The third-order valence-electron chi connectivity index (χ3n) is 3.33. The summed E-state index contributed by atoms with van der Waals surface area (Å²) < 4.78 is 23.4. The minimum absolute atomic E-state index is 0.0298. The number of halogens is 1. The highest BCUT2D eigenvalue weighted by Crippen LogP contribution is 2.20. The molecule has 0 aliphatic rings. The number of aryl methyl sites for hydroxylation is 1. The Bertz CT molecular complexity index is 611. The number of carbonyl (C=O) groups is 3. The van der Waals surface area contributed by atoms with Gasteiger partial charge in [-0.15, -0.1) is 0 Å². The Hall–Kier alpha value is -2.44. The van der Waals surface area contributed by atoms with Crippen LogP contribution in [0.3, 0.4) is 0 Å². The molecular weight excluding hydrogens is 317 g/mol. The van der Waals surface area contributed by atoms with Crippen molar-refractivity contribution in [3.8, 4) is 0 Å². The zero-order chi connectivity index (χ0) is 18.3. The van der Waals surface area contributed by atoms with Crippen LogP contribution in [0.4, 0.5) is 4.39 Å². The second kappa shape index (κ2) is 8.42. The van der Waals surface area contributed by atoms with Gasteiger partial charge in [0.15, 0.2) is 0 Å². The van der Waals surface area contributed by atoms with E-state index in [0.29, 0.717) is 11.1 Å². The Kier molecular flexibility index (Phi) is 6.88. The summed E-state index contributed by atoms with van der Waals surface area (Å²) in [6.07, 6.45) is -0.203. The van der Waals surface area contributed by atoms with Gasteiger partial charge < -0.3 is 14.8 Å². The summed E-state index contributed by atoms with van der Waals surface area (Å²) in [5.41, 5.74) is -1.16. The van der Waals surface area contributed by atoms with Gasteiger partial charge in [-0.3, -0.25) is 4.79 Å². The zero-order valence-corrected chi connectivity index (χ0v) is 14.3. The van der Waals surface area contributed by atoms with E-state index in [2.05, 4.69) is 5.32 Å². The van der Waals surface area contributed by atoms with Crippen LogP contribution < -0.4 is 5.32 Å². The molecule has 1 N–H and O–H groups in total. The second-order valence-corrected chi connectivity index (χ2v) is 5.29. The van der Waals surface area contributed by atoms with Crippen LogP contribution in [0, 0.1) is 12.7 Å². The molecule has 0 aromatic heterocycles. The van der Waals surface area contributed by atoms with Crippen LogP contribution in [-0.2, 0) is 30.3 Å². The van der Waals surface area contributed by atoms with Gasteiger partial charge in [-0.2, -0.15) is 0 Å². The molecule has 1 rings (SSSR count). The van der Waals surface area contributed by atoms with Gasteiger partial charge in [-0.1, -0.05) is 12.1 Å². The number of ether oxygens (including phenoxy) is 2. The summed E-state index contributed by atoms with van der Waals surface area (Å²) in [7, 11) is 0. The average Bonchev–Trinajstić information content (AvgIpc) is 2.50. The van der Waals surface area contributed by atoms with Crippen molar-refractivity contribution in [1.82, 2.24) is 5.32 Å². The predicted octanol–water partition coefficient (Wildman–Crippen LogP) is 1.68. The Labute approximate surface area is 140 Å². The van der Waals surface area contributed by atoms with Gasteiger partial charge in [0.25, 0.3) is 0 Å². The van der Waals surface area contributed by atoms with Crippen molar-refractivity contribution in [3.63, 3.8) is 0 Å². The lowest BCUT2D eigenvalue weighted by Crippen LogP contribution is -2.62. The molecule has 1 aromatic rings. The first kappa shape index (κ1) is 19.6. The van der Waals surface area contributed by atoms with E-state index in [1.54, 1.807) is 20.8 Å². The summed E-state index contributed by atoms with van der Waals surface area (Å²) in [5.74, 6) is -2.83. The highest BCUT2D eigenvalue weighted by atomic mass is 19.1. The van der Waals surface area contributed by atoms with Crippen LogP contribution in [0.5, 0.6) is 0 Å². The maximum atomic E-state index is 13.4. The highest BCUT2D eigenvalue weighted by Gasteiger charge is 2.50. The molecular formula is C17H22FNO5. The molecule has 0 aliphatic heterocycles. The lowest BCUT2D eigenvalue weighted by atomic mass is 9.89. The summed E-state index contributed by atoms with van der Waals surface area (Å²) in [6, 6.07) is 4.18. The van der Waals surface area contributed by atoms with Gasteiger partial charge in [0.2, 0.25) is 11.4 Å². The maximum absolute atomic E-state index is 13.4. The van der Waals surface area contributed by atoms with Crippen molar-refractivity contribution >= 4 is 17.8 Å². The van der Waals surface area contributed by atoms with Crippen molar-refractivity contribution in [3.05, 3.63) is 35.1 Å². The SMILES string of the molecule is CCOC(=O)C(Cc1ccc(F)c(C)c1)(NC(C)=O)C(=O)OCC. The Balaban J connectivity index is 3.35. The molecule has 1 aromatic carbocycles. The minimum Gasteiger partial charge on any atom is -0.464 e. The molecule has 0 saturated carbocycles.